The van der Waals surface area contributed by atoms with Gasteiger partial charge in [0.2, 0.25) is 15.9 Å². The number of nitrogens with zero attached hydrogens (tertiary/aromatic N) is 1. The maximum absolute atomic E-state index is 12.3. The first kappa shape index (κ1) is 19.4. The highest BCUT2D eigenvalue weighted by Gasteiger charge is 2.42. The van der Waals surface area contributed by atoms with Crippen molar-refractivity contribution in [3.8, 4) is 0 Å². The summed E-state index contributed by atoms with van der Waals surface area (Å²) in [5.41, 5.74) is 1.48. The topological polar surface area (TPSA) is 83.6 Å². The molecule has 0 aliphatic carbocycles. The number of carbonyl (C=O) groups excluding carboxylic acids is 2. The minimum absolute atomic E-state index is 0.0901. The molecule has 1 heterocycles. The number of carbonyl (C=O) groups is 2. The van der Waals surface area contributed by atoms with Gasteiger partial charge in [0.05, 0.1) is 27.9 Å². The largest absolute Gasteiger partial charge is 0.352 e. The fourth-order valence-corrected chi connectivity index (χ4v) is 5.03. The summed E-state index contributed by atoms with van der Waals surface area (Å²) >= 11 is 6.18. The van der Waals surface area contributed by atoms with Crippen LogP contribution in [0.2, 0.25) is 5.02 Å². The molecule has 1 saturated heterocycles. The number of anilines is 1. The van der Waals surface area contributed by atoms with Crippen LogP contribution in [0.25, 0.3) is 0 Å². The van der Waals surface area contributed by atoms with Gasteiger partial charge in [-0.1, -0.05) is 48.9 Å². The first-order valence-electron chi connectivity index (χ1n) is 8.48. The lowest BCUT2D eigenvalue weighted by Gasteiger charge is -2.16. The van der Waals surface area contributed by atoms with E-state index in [0.717, 1.165) is 9.87 Å². The number of benzene rings is 2. The number of nitrogens with one attached hydrogen (secondary N) is 1. The van der Waals surface area contributed by atoms with Crippen LogP contribution in [0.4, 0.5) is 5.69 Å². The molecule has 0 bridgehead atoms. The number of hydrogen-bond acceptors (Lipinski definition) is 4. The number of sulfonamides is 1. The van der Waals surface area contributed by atoms with Gasteiger partial charge in [0.15, 0.2) is 0 Å². The predicted molar refractivity (Wildman–Crippen MR) is 104 cm³/mol. The van der Waals surface area contributed by atoms with Gasteiger partial charge in [-0.2, -0.15) is 0 Å². The molecule has 142 valence electrons. The summed E-state index contributed by atoms with van der Waals surface area (Å²) < 4.78 is 25.1. The molecule has 8 heteroatoms. The fourth-order valence-electron chi connectivity index (χ4n) is 2.96. The van der Waals surface area contributed by atoms with Gasteiger partial charge in [0.25, 0.3) is 5.91 Å². The van der Waals surface area contributed by atoms with Crippen LogP contribution in [0.15, 0.2) is 48.5 Å². The minimum Gasteiger partial charge on any atom is -0.352 e. The van der Waals surface area contributed by atoms with Crippen LogP contribution in [0.5, 0.6) is 0 Å². The van der Waals surface area contributed by atoms with Crippen molar-refractivity contribution >= 4 is 39.1 Å². The second kappa shape index (κ2) is 7.70. The second-order valence-electron chi connectivity index (χ2n) is 6.44. The first-order chi connectivity index (χ1) is 12.8. The van der Waals surface area contributed by atoms with Crippen LogP contribution in [-0.4, -0.2) is 32.5 Å². The van der Waals surface area contributed by atoms with Gasteiger partial charge in [-0.05, 0) is 30.2 Å². The summed E-state index contributed by atoms with van der Waals surface area (Å²) in [4.78, 5) is 24.5. The molecule has 2 aromatic rings. The standard InChI is InChI=1S/C19H19ClN2O4S/c1-13-12-27(25,26)22(19(13)24)15-7-8-16(17(20)11-15)18(23)21-10-9-14-5-3-2-4-6-14/h2-8,11,13H,9-10,12H2,1H3,(H,21,23)/t13-/m0/s1. The zero-order valence-electron chi connectivity index (χ0n) is 14.7. The van der Waals surface area contributed by atoms with E-state index < -0.39 is 21.8 Å². The van der Waals surface area contributed by atoms with Crippen molar-refractivity contribution in [3.05, 3.63) is 64.7 Å². The SMILES string of the molecule is C[C@H]1CS(=O)(=O)N(c2ccc(C(=O)NCCc3ccccc3)c(Cl)c2)C1=O. The minimum atomic E-state index is -3.71. The van der Waals surface area contributed by atoms with E-state index in [1.54, 1.807) is 6.92 Å². The molecule has 1 atom stereocenters. The molecule has 2 aromatic carbocycles. The molecule has 6 nitrogen and oxygen atoms in total. The Hall–Kier alpha value is -2.38. The van der Waals surface area contributed by atoms with E-state index in [1.165, 1.54) is 18.2 Å². The Morgan fingerprint density at radius 2 is 1.93 bits per heavy atom. The van der Waals surface area contributed by atoms with Crippen LogP contribution < -0.4 is 9.62 Å². The molecular weight excluding hydrogens is 388 g/mol. The van der Waals surface area contributed by atoms with Crippen molar-refractivity contribution in [2.75, 3.05) is 16.6 Å². The van der Waals surface area contributed by atoms with E-state index in [9.17, 15) is 18.0 Å². The Kier molecular flexibility index (Phi) is 5.53. The van der Waals surface area contributed by atoms with Crippen molar-refractivity contribution in [2.24, 2.45) is 5.92 Å². The van der Waals surface area contributed by atoms with E-state index in [4.69, 9.17) is 11.6 Å². The summed E-state index contributed by atoms with van der Waals surface area (Å²) in [6, 6.07) is 13.9. The molecule has 1 N–H and O–H groups in total. The molecule has 0 spiro atoms. The smallest absolute Gasteiger partial charge is 0.252 e. The third kappa shape index (κ3) is 4.14. The van der Waals surface area contributed by atoms with Crippen molar-refractivity contribution in [1.29, 1.82) is 0 Å². The van der Waals surface area contributed by atoms with Gasteiger partial charge < -0.3 is 5.32 Å². The van der Waals surface area contributed by atoms with E-state index in [-0.39, 0.29) is 27.9 Å². The molecule has 0 saturated carbocycles. The lowest BCUT2D eigenvalue weighted by molar-refractivity contribution is -0.119. The normalized spacial score (nSPS) is 18.5. The zero-order valence-corrected chi connectivity index (χ0v) is 16.3. The maximum atomic E-state index is 12.3. The molecule has 0 unspecified atom stereocenters. The van der Waals surface area contributed by atoms with Gasteiger partial charge in [0, 0.05) is 6.54 Å². The molecule has 2 amide bonds. The van der Waals surface area contributed by atoms with E-state index in [1.807, 2.05) is 30.3 Å². The number of amides is 2. The van der Waals surface area contributed by atoms with Gasteiger partial charge >= 0.3 is 0 Å². The summed E-state index contributed by atoms with van der Waals surface area (Å²) in [6.45, 7) is 2.01. The molecular formula is C19H19ClN2O4S. The second-order valence-corrected chi connectivity index (χ2v) is 8.71. The van der Waals surface area contributed by atoms with E-state index in [0.29, 0.717) is 13.0 Å². The first-order valence-corrected chi connectivity index (χ1v) is 10.5. The van der Waals surface area contributed by atoms with Crippen LogP contribution in [0.1, 0.15) is 22.8 Å². The zero-order chi connectivity index (χ0) is 19.6. The number of hydrogen-bond donors (Lipinski definition) is 1. The van der Waals surface area contributed by atoms with Crippen LogP contribution in [0, 0.1) is 5.92 Å². The Bertz CT molecular complexity index is 976. The van der Waals surface area contributed by atoms with Gasteiger partial charge in [-0.25, -0.2) is 12.7 Å². The highest BCUT2D eigenvalue weighted by molar-refractivity contribution is 7.94. The summed E-state index contributed by atoms with van der Waals surface area (Å²) in [6.07, 6.45) is 0.681. The van der Waals surface area contributed by atoms with Gasteiger partial charge in [-0.15, -0.1) is 0 Å². The Morgan fingerprint density at radius 3 is 2.52 bits per heavy atom. The van der Waals surface area contributed by atoms with Crippen LogP contribution in [-0.2, 0) is 21.2 Å². The molecule has 27 heavy (non-hydrogen) atoms. The Balaban J connectivity index is 1.71. The van der Waals surface area contributed by atoms with Crippen molar-refractivity contribution in [1.82, 2.24) is 5.32 Å². The Morgan fingerprint density at radius 1 is 1.22 bits per heavy atom. The van der Waals surface area contributed by atoms with Crippen molar-refractivity contribution < 1.29 is 18.0 Å². The quantitative estimate of drug-likeness (QED) is 0.827. The summed E-state index contributed by atoms with van der Waals surface area (Å²) in [7, 11) is -3.71. The number of halogens is 1. The molecule has 1 aliphatic rings. The van der Waals surface area contributed by atoms with Crippen LogP contribution >= 0.6 is 11.6 Å². The molecule has 0 radical (unpaired) electrons. The number of rotatable bonds is 5. The highest BCUT2D eigenvalue weighted by atomic mass is 35.5. The van der Waals surface area contributed by atoms with Gasteiger partial charge in [0.1, 0.15) is 0 Å². The molecule has 0 aromatic heterocycles. The molecule has 1 aliphatic heterocycles. The monoisotopic (exact) mass is 406 g/mol. The fraction of sp³-hybridized carbons (Fsp3) is 0.263. The van der Waals surface area contributed by atoms with Gasteiger partial charge in [-0.3, -0.25) is 9.59 Å². The Labute approximate surface area is 163 Å². The summed E-state index contributed by atoms with van der Waals surface area (Å²) in [5, 5.41) is 2.88. The van der Waals surface area contributed by atoms with Crippen LogP contribution in [0.3, 0.4) is 0 Å². The highest BCUT2D eigenvalue weighted by Crippen LogP contribution is 2.31. The van der Waals surface area contributed by atoms with E-state index >= 15 is 0 Å². The summed E-state index contributed by atoms with van der Waals surface area (Å²) in [5.74, 6) is -1.68. The molecule has 3 rings (SSSR count). The molecule has 1 fully saturated rings. The third-order valence-corrected chi connectivity index (χ3v) is 6.52. The lowest BCUT2D eigenvalue weighted by atomic mass is 10.1. The predicted octanol–water partition coefficient (Wildman–Crippen LogP) is 2.63. The third-order valence-electron chi connectivity index (χ3n) is 4.33. The lowest BCUT2D eigenvalue weighted by Crippen LogP contribution is -2.30. The van der Waals surface area contributed by atoms with Crippen molar-refractivity contribution in [2.45, 2.75) is 13.3 Å². The average molecular weight is 407 g/mol. The maximum Gasteiger partial charge on any atom is 0.252 e. The van der Waals surface area contributed by atoms with Crippen molar-refractivity contribution in [3.63, 3.8) is 0 Å². The average Bonchev–Trinajstić information content (AvgIpc) is 2.82. The van der Waals surface area contributed by atoms with E-state index in [2.05, 4.69) is 5.32 Å².